The zero-order valence-electron chi connectivity index (χ0n) is 11.4. The van der Waals surface area contributed by atoms with Crippen LogP contribution in [0.15, 0.2) is 35.2 Å². The Morgan fingerprint density at radius 2 is 2.29 bits per heavy atom. The summed E-state index contributed by atoms with van der Waals surface area (Å²) >= 11 is 0. The zero-order valence-corrected chi connectivity index (χ0v) is 11.4. The van der Waals surface area contributed by atoms with E-state index in [1.54, 1.807) is 24.3 Å². The Morgan fingerprint density at radius 1 is 1.43 bits per heavy atom. The van der Waals surface area contributed by atoms with Crippen LogP contribution >= 0.6 is 0 Å². The van der Waals surface area contributed by atoms with Gasteiger partial charge in [0.2, 0.25) is 6.39 Å². The highest BCUT2D eigenvalue weighted by atomic mass is 16.5. The highest BCUT2D eigenvalue weighted by Gasteiger charge is 2.07. The molecule has 7 heteroatoms. The molecule has 0 aliphatic rings. The minimum absolute atomic E-state index is 0.119. The van der Waals surface area contributed by atoms with Crippen LogP contribution in [0.4, 0.5) is 0 Å². The largest absolute Gasteiger partial charge is 0.489 e. The van der Waals surface area contributed by atoms with Crippen molar-refractivity contribution in [1.29, 1.82) is 5.26 Å². The Bertz CT molecular complexity index is 580. The van der Waals surface area contributed by atoms with Crippen molar-refractivity contribution >= 4 is 0 Å². The first-order valence-corrected chi connectivity index (χ1v) is 6.55. The lowest BCUT2D eigenvalue weighted by molar-refractivity contribution is 0.106. The van der Waals surface area contributed by atoms with Crippen molar-refractivity contribution in [3.8, 4) is 11.8 Å². The molecule has 7 nitrogen and oxygen atoms in total. The van der Waals surface area contributed by atoms with Gasteiger partial charge in [0.15, 0.2) is 5.82 Å². The summed E-state index contributed by atoms with van der Waals surface area (Å²) in [5.41, 5.74) is 0.453. The van der Waals surface area contributed by atoms with E-state index in [-0.39, 0.29) is 6.61 Å². The number of nitriles is 1. The maximum Gasteiger partial charge on any atom is 0.213 e. The number of aliphatic hydroxyl groups is 1. The zero-order chi connectivity index (χ0) is 14.9. The van der Waals surface area contributed by atoms with Crippen LogP contribution < -0.4 is 10.1 Å². The van der Waals surface area contributed by atoms with E-state index in [1.807, 2.05) is 6.07 Å². The fraction of sp³-hybridized carbons (Fsp3) is 0.357. The molecule has 110 valence electrons. The second kappa shape index (κ2) is 7.99. The lowest BCUT2D eigenvalue weighted by atomic mass is 10.2. The van der Waals surface area contributed by atoms with Crippen LogP contribution in [0, 0.1) is 11.3 Å². The van der Waals surface area contributed by atoms with Crippen LogP contribution in [0.25, 0.3) is 0 Å². The normalized spacial score (nSPS) is 11.8. The third-order valence-corrected chi connectivity index (χ3v) is 2.75. The second-order valence-corrected chi connectivity index (χ2v) is 4.37. The van der Waals surface area contributed by atoms with Crippen molar-refractivity contribution in [3.63, 3.8) is 0 Å². The number of benzene rings is 1. The molecule has 2 rings (SSSR count). The van der Waals surface area contributed by atoms with Crippen LogP contribution in [0.5, 0.6) is 5.75 Å². The second-order valence-electron chi connectivity index (χ2n) is 4.37. The van der Waals surface area contributed by atoms with Crippen molar-refractivity contribution in [3.05, 3.63) is 42.0 Å². The molecule has 0 fully saturated rings. The van der Waals surface area contributed by atoms with Crippen molar-refractivity contribution in [2.75, 3.05) is 19.7 Å². The summed E-state index contributed by atoms with van der Waals surface area (Å²) in [4.78, 5) is 3.89. The van der Waals surface area contributed by atoms with E-state index in [2.05, 4.69) is 20.0 Å². The Labute approximate surface area is 122 Å². The minimum Gasteiger partial charge on any atom is -0.489 e. The molecule has 0 saturated carbocycles. The van der Waals surface area contributed by atoms with Gasteiger partial charge in [-0.1, -0.05) is 17.3 Å². The van der Waals surface area contributed by atoms with E-state index in [1.165, 1.54) is 6.39 Å². The number of para-hydroxylation sites is 1. The fourth-order valence-electron chi connectivity index (χ4n) is 1.70. The highest BCUT2D eigenvalue weighted by molar-refractivity contribution is 5.42. The standard InChI is InChI=1S/C14H16N4O3/c15-7-11-3-1-2-4-13(11)20-9-12(19)8-16-6-5-14-17-10-21-18-14/h1-4,10,12,16,19H,5-6,8-9H2. The highest BCUT2D eigenvalue weighted by Crippen LogP contribution is 2.16. The monoisotopic (exact) mass is 288 g/mol. The van der Waals surface area contributed by atoms with Gasteiger partial charge in [0.25, 0.3) is 0 Å². The van der Waals surface area contributed by atoms with E-state index in [0.717, 1.165) is 0 Å². The van der Waals surface area contributed by atoms with Gasteiger partial charge in [-0.05, 0) is 12.1 Å². The molecule has 1 aromatic heterocycles. The first kappa shape index (κ1) is 15.0. The lowest BCUT2D eigenvalue weighted by Crippen LogP contribution is -2.32. The van der Waals surface area contributed by atoms with Crippen molar-refractivity contribution in [2.45, 2.75) is 12.5 Å². The predicted molar refractivity (Wildman–Crippen MR) is 73.5 cm³/mol. The molecule has 1 atom stereocenters. The van der Waals surface area contributed by atoms with Gasteiger partial charge in [0.1, 0.15) is 24.5 Å². The summed E-state index contributed by atoms with van der Waals surface area (Å²) in [5, 5.41) is 25.5. The summed E-state index contributed by atoms with van der Waals surface area (Å²) < 4.78 is 10.1. The molecule has 2 N–H and O–H groups in total. The number of aromatic nitrogens is 2. The average molecular weight is 288 g/mol. The molecule has 0 saturated heterocycles. The molecular weight excluding hydrogens is 272 g/mol. The van der Waals surface area contributed by atoms with E-state index < -0.39 is 6.10 Å². The number of hydrogen-bond acceptors (Lipinski definition) is 7. The molecule has 1 heterocycles. The van der Waals surface area contributed by atoms with Crippen LogP contribution in [0.1, 0.15) is 11.4 Å². The first-order valence-electron chi connectivity index (χ1n) is 6.55. The molecule has 0 aliphatic carbocycles. The Balaban J connectivity index is 1.65. The third-order valence-electron chi connectivity index (χ3n) is 2.75. The summed E-state index contributed by atoms with van der Waals surface area (Å²) in [5.74, 6) is 1.10. The predicted octanol–water partition coefficient (Wildman–Crippen LogP) is 0.513. The van der Waals surface area contributed by atoms with Crippen molar-refractivity contribution < 1.29 is 14.4 Å². The van der Waals surface area contributed by atoms with Gasteiger partial charge in [-0.25, -0.2) is 0 Å². The van der Waals surface area contributed by atoms with E-state index >= 15 is 0 Å². The molecular formula is C14H16N4O3. The number of aliphatic hydroxyl groups excluding tert-OH is 1. The van der Waals surface area contributed by atoms with Crippen LogP contribution in [0.3, 0.4) is 0 Å². The molecule has 21 heavy (non-hydrogen) atoms. The maximum absolute atomic E-state index is 9.81. The van der Waals surface area contributed by atoms with Gasteiger partial charge >= 0.3 is 0 Å². The third kappa shape index (κ3) is 4.87. The molecule has 1 aromatic carbocycles. The number of nitrogens with one attached hydrogen (secondary N) is 1. The van der Waals surface area contributed by atoms with Gasteiger partial charge < -0.3 is 19.7 Å². The Morgan fingerprint density at radius 3 is 3.05 bits per heavy atom. The van der Waals surface area contributed by atoms with Crippen LogP contribution in [-0.4, -0.2) is 41.0 Å². The summed E-state index contributed by atoms with van der Waals surface area (Å²) in [6, 6.07) is 8.97. The molecule has 0 amide bonds. The summed E-state index contributed by atoms with van der Waals surface area (Å²) in [7, 11) is 0. The topological polar surface area (TPSA) is 104 Å². The number of nitrogens with zero attached hydrogens (tertiary/aromatic N) is 3. The summed E-state index contributed by atoms with van der Waals surface area (Å²) in [6.45, 7) is 1.13. The first-order chi connectivity index (χ1) is 10.3. The molecule has 1 unspecified atom stereocenters. The minimum atomic E-state index is -0.665. The van der Waals surface area contributed by atoms with E-state index in [9.17, 15) is 5.11 Å². The Kier molecular flexibility index (Phi) is 5.70. The fourth-order valence-corrected chi connectivity index (χ4v) is 1.70. The SMILES string of the molecule is N#Cc1ccccc1OCC(O)CNCCc1ncon1. The molecule has 0 radical (unpaired) electrons. The number of hydrogen-bond donors (Lipinski definition) is 2. The van der Waals surface area contributed by atoms with E-state index in [4.69, 9.17) is 10.00 Å². The quantitative estimate of drug-likeness (QED) is 0.682. The van der Waals surface area contributed by atoms with Gasteiger partial charge in [-0.15, -0.1) is 0 Å². The van der Waals surface area contributed by atoms with Crippen LogP contribution in [0.2, 0.25) is 0 Å². The average Bonchev–Trinajstić information content (AvgIpc) is 3.03. The maximum atomic E-state index is 9.81. The van der Waals surface area contributed by atoms with E-state index in [0.29, 0.717) is 36.6 Å². The van der Waals surface area contributed by atoms with Gasteiger partial charge in [0, 0.05) is 19.5 Å². The van der Waals surface area contributed by atoms with Gasteiger partial charge in [-0.2, -0.15) is 10.2 Å². The molecule has 0 bridgehead atoms. The van der Waals surface area contributed by atoms with Crippen molar-refractivity contribution in [1.82, 2.24) is 15.5 Å². The molecule has 0 aliphatic heterocycles. The molecule has 2 aromatic rings. The van der Waals surface area contributed by atoms with Crippen molar-refractivity contribution in [2.24, 2.45) is 0 Å². The lowest BCUT2D eigenvalue weighted by Gasteiger charge is -2.13. The van der Waals surface area contributed by atoms with Crippen LogP contribution in [-0.2, 0) is 6.42 Å². The Hall–Kier alpha value is -2.43. The van der Waals surface area contributed by atoms with Gasteiger partial charge in [0.05, 0.1) is 5.56 Å². The number of rotatable bonds is 8. The molecule has 0 spiro atoms. The van der Waals surface area contributed by atoms with Gasteiger partial charge in [-0.3, -0.25) is 0 Å². The summed E-state index contributed by atoms with van der Waals surface area (Å²) in [6.07, 6.45) is 1.24. The smallest absolute Gasteiger partial charge is 0.213 e. The number of ether oxygens (including phenoxy) is 1.